The zero-order valence-electron chi connectivity index (χ0n) is 10.1. The van der Waals surface area contributed by atoms with Gasteiger partial charge >= 0.3 is 0 Å². The van der Waals surface area contributed by atoms with Crippen molar-refractivity contribution in [2.24, 2.45) is 0 Å². The lowest BCUT2D eigenvalue weighted by Gasteiger charge is -2.10. The Morgan fingerprint density at radius 1 is 1.20 bits per heavy atom. The number of aromatic nitrogens is 2. The molecule has 6 heteroatoms. The second kappa shape index (κ2) is 5.50. The van der Waals surface area contributed by atoms with Gasteiger partial charge in [-0.2, -0.15) is 0 Å². The van der Waals surface area contributed by atoms with Crippen LogP contribution in [0.25, 0.3) is 16.7 Å². The van der Waals surface area contributed by atoms with E-state index in [4.69, 9.17) is 23.2 Å². The summed E-state index contributed by atoms with van der Waals surface area (Å²) in [7, 11) is 0. The van der Waals surface area contributed by atoms with E-state index in [9.17, 15) is 4.39 Å². The fourth-order valence-corrected chi connectivity index (χ4v) is 3.19. The summed E-state index contributed by atoms with van der Waals surface area (Å²) < 4.78 is 16.0. The molecule has 0 aliphatic carbocycles. The Labute approximate surface area is 138 Å². The quantitative estimate of drug-likeness (QED) is 0.413. The van der Waals surface area contributed by atoms with Gasteiger partial charge in [0.2, 0.25) is 0 Å². The van der Waals surface area contributed by atoms with Crippen LogP contribution < -0.4 is 0 Å². The summed E-state index contributed by atoms with van der Waals surface area (Å²) in [6.07, 6.45) is 0. The van der Waals surface area contributed by atoms with Crippen LogP contribution in [0.3, 0.4) is 0 Å². The molecule has 1 heterocycles. The fourth-order valence-electron chi connectivity index (χ4n) is 2.12. The van der Waals surface area contributed by atoms with Gasteiger partial charge < -0.3 is 0 Å². The summed E-state index contributed by atoms with van der Waals surface area (Å²) in [5.74, 6) is 0.700. The number of alkyl halides is 1. The first-order valence-electron chi connectivity index (χ1n) is 5.78. The van der Waals surface area contributed by atoms with Gasteiger partial charge in [0.25, 0.3) is 0 Å². The van der Waals surface area contributed by atoms with Crippen molar-refractivity contribution in [2.75, 3.05) is 0 Å². The van der Waals surface area contributed by atoms with E-state index in [-0.39, 0.29) is 11.7 Å². The summed E-state index contributed by atoms with van der Waals surface area (Å²) in [5, 5.41) is 0.622. The summed E-state index contributed by atoms with van der Waals surface area (Å²) >= 11 is 14.1. The maximum absolute atomic E-state index is 13.3. The molecule has 0 amide bonds. The SMILES string of the molecule is Fc1ccc(-n2c(CCl)nc3cc(Cl)ccc32)c(I)c1. The number of benzene rings is 2. The van der Waals surface area contributed by atoms with Crippen LogP contribution in [0.4, 0.5) is 4.39 Å². The summed E-state index contributed by atoms with van der Waals surface area (Å²) in [6.45, 7) is 0. The van der Waals surface area contributed by atoms with Gasteiger partial charge in [0.15, 0.2) is 0 Å². The molecule has 3 rings (SSSR count). The van der Waals surface area contributed by atoms with Gasteiger partial charge in [-0.3, -0.25) is 4.57 Å². The first-order valence-corrected chi connectivity index (χ1v) is 7.77. The monoisotopic (exact) mass is 420 g/mol. The van der Waals surface area contributed by atoms with Crippen molar-refractivity contribution < 1.29 is 4.39 Å². The molecule has 0 saturated heterocycles. The van der Waals surface area contributed by atoms with E-state index in [0.717, 1.165) is 20.3 Å². The first-order chi connectivity index (χ1) is 9.60. The Bertz CT molecular complexity index is 801. The molecule has 1 aromatic heterocycles. The normalized spacial score (nSPS) is 11.2. The fraction of sp³-hybridized carbons (Fsp3) is 0.0714. The van der Waals surface area contributed by atoms with Gasteiger partial charge in [0.1, 0.15) is 11.6 Å². The molecule has 0 spiro atoms. The summed E-state index contributed by atoms with van der Waals surface area (Å²) in [6, 6.07) is 10.1. The highest BCUT2D eigenvalue weighted by molar-refractivity contribution is 14.1. The third kappa shape index (κ3) is 2.40. The maximum Gasteiger partial charge on any atom is 0.129 e. The molecule has 2 nitrogen and oxygen atoms in total. The van der Waals surface area contributed by atoms with Crippen LogP contribution in [0.15, 0.2) is 36.4 Å². The minimum atomic E-state index is -0.266. The average Bonchev–Trinajstić information content (AvgIpc) is 2.76. The van der Waals surface area contributed by atoms with Crippen molar-refractivity contribution in [1.29, 1.82) is 0 Å². The maximum atomic E-state index is 13.3. The average molecular weight is 421 g/mol. The Morgan fingerprint density at radius 3 is 2.70 bits per heavy atom. The predicted molar refractivity (Wildman–Crippen MR) is 88.3 cm³/mol. The van der Waals surface area contributed by atoms with E-state index < -0.39 is 0 Å². The van der Waals surface area contributed by atoms with Crippen LogP contribution in [0.1, 0.15) is 5.82 Å². The molecule has 102 valence electrons. The van der Waals surface area contributed by atoms with Gasteiger partial charge in [-0.25, -0.2) is 9.37 Å². The second-order valence-corrected chi connectivity index (χ2v) is 6.09. The molecule has 0 aliphatic heterocycles. The van der Waals surface area contributed by atoms with E-state index in [0.29, 0.717) is 10.8 Å². The highest BCUT2D eigenvalue weighted by atomic mass is 127. The molecular weight excluding hydrogens is 413 g/mol. The summed E-state index contributed by atoms with van der Waals surface area (Å²) in [5.41, 5.74) is 2.52. The molecule has 0 bridgehead atoms. The largest absolute Gasteiger partial charge is 0.294 e. The van der Waals surface area contributed by atoms with Crippen molar-refractivity contribution in [3.8, 4) is 5.69 Å². The number of hydrogen-bond acceptors (Lipinski definition) is 1. The van der Waals surface area contributed by atoms with Crippen molar-refractivity contribution in [3.63, 3.8) is 0 Å². The van der Waals surface area contributed by atoms with Crippen LogP contribution in [-0.2, 0) is 5.88 Å². The minimum Gasteiger partial charge on any atom is -0.294 e. The Hall–Kier alpha value is -0.850. The van der Waals surface area contributed by atoms with Crippen molar-refractivity contribution in [1.82, 2.24) is 9.55 Å². The Balaban J connectivity index is 2.34. The van der Waals surface area contributed by atoms with Crippen LogP contribution in [0, 0.1) is 9.39 Å². The molecule has 0 saturated carbocycles. The number of nitrogens with zero attached hydrogens (tertiary/aromatic N) is 2. The number of fused-ring (bicyclic) bond motifs is 1. The molecule has 0 radical (unpaired) electrons. The zero-order chi connectivity index (χ0) is 14.3. The number of hydrogen-bond donors (Lipinski definition) is 0. The van der Waals surface area contributed by atoms with Crippen LogP contribution >= 0.6 is 45.8 Å². The van der Waals surface area contributed by atoms with Crippen LogP contribution in [-0.4, -0.2) is 9.55 Å². The van der Waals surface area contributed by atoms with Crippen molar-refractivity contribution in [2.45, 2.75) is 5.88 Å². The molecule has 2 aromatic carbocycles. The molecule has 0 unspecified atom stereocenters. The molecule has 3 aromatic rings. The highest BCUT2D eigenvalue weighted by Crippen LogP contribution is 2.28. The van der Waals surface area contributed by atoms with E-state index in [2.05, 4.69) is 27.6 Å². The topological polar surface area (TPSA) is 17.8 Å². The molecule has 0 N–H and O–H groups in total. The third-order valence-corrected chi connectivity index (χ3v) is 4.29. The van der Waals surface area contributed by atoms with E-state index in [1.54, 1.807) is 18.2 Å². The second-order valence-electron chi connectivity index (χ2n) is 4.23. The number of rotatable bonds is 2. The minimum absolute atomic E-state index is 0.264. The zero-order valence-corrected chi connectivity index (χ0v) is 13.7. The molecule has 20 heavy (non-hydrogen) atoms. The molecule has 0 atom stereocenters. The smallest absolute Gasteiger partial charge is 0.129 e. The third-order valence-electron chi connectivity index (χ3n) is 2.96. The van der Waals surface area contributed by atoms with Crippen LogP contribution in [0.2, 0.25) is 5.02 Å². The van der Waals surface area contributed by atoms with Gasteiger partial charge in [0, 0.05) is 8.59 Å². The first kappa shape index (κ1) is 14.1. The van der Waals surface area contributed by atoms with Gasteiger partial charge in [-0.1, -0.05) is 11.6 Å². The van der Waals surface area contributed by atoms with Gasteiger partial charge in [0.05, 0.1) is 22.6 Å². The molecule has 0 fully saturated rings. The summed E-state index contributed by atoms with van der Waals surface area (Å²) in [4.78, 5) is 4.48. The number of imidazole rings is 1. The lowest BCUT2D eigenvalue weighted by atomic mass is 10.2. The molecule has 0 aliphatic rings. The van der Waals surface area contributed by atoms with Gasteiger partial charge in [-0.15, -0.1) is 11.6 Å². The predicted octanol–water partition coefficient (Wildman–Crippen LogP) is 5.16. The van der Waals surface area contributed by atoms with E-state index in [1.165, 1.54) is 12.1 Å². The van der Waals surface area contributed by atoms with Crippen LogP contribution in [0.5, 0.6) is 0 Å². The number of halogens is 4. The lowest BCUT2D eigenvalue weighted by Crippen LogP contribution is -2.01. The van der Waals surface area contributed by atoms with Crippen molar-refractivity contribution >= 4 is 56.8 Å². The standard InChI is InChI=1S/C14H8Cl2FIN2/c15-7-14-19-11-5-8(16)1-3-13(11)20(14)12-4-2-9(17)6-10(12)18/h1-6H,7H2. The molecular formula is C14H8Cl2FIN2. The Morgan fingerprint density at radius 2 is 2.00 bits per heavy atom. The van der Waals surface area contributed by atoms with E-state index >= 15 is 0 Å². The lowest BCUT2D eigenvalue weighted by molar-refractivity contribution is 0.626. The highest BCUT2D eigenvalue weighted by Gasteiger charge is 2.14. The van der Waals surface area contributed by atoms with Gasteiger partial charge in [-0.05, 0) is 59.0 Å². The van der Waals surface area contributed by atoms with E-state index in [1.807, 2.05) is 10.6 Å². The van der Waals surface area contributed by atoms with Crippen molar-refractivity contribution in [3.05, 3.63) is 56.6 Å². The Kier molecular flexibility index (Phi) is 3.88.